The standard InChI is InChI=1S/C16H20N2O4/c1-18(16(19)17-22-15-8-4-5-9-20-15)11-13-10-12-6-2-3-7-14(12)21-13/h2-3,6-7,10,15H,4-5,8-9,11H2,1H3,(H,17,19). The number of para-hydroxylation sites is 1. The molecule has 1 fully saturated rings. The lowest BCUT2D eigenvalue weighted by atomic mass is 10.2. The van der Waals surface area contributed by atoms with Crippen LogP contribution in [0.5, 0.6) is 0 Å². The molecule has 1 aromatic carbocycles. The lowest BCUT2D eigenvalue weighted by Gasteiger charge is -2.23. The largest absolute Gasteiger partial charge is 0.459 e. The summed E-state index contributed by atoms with van der Waals surface area (Å²) in [6.07, 6.45) is 2.54. The van der Waals surface area contributed by atoms with E-state index >= 15 is 0 Å². The number of hydroxylamine groups is 1. The molecule has 22 heavy (non-hydrogen) atoms. The zero-order valence-electron chi connectivity index (χ0n) is 12.6. The summed E-state index contributed by atoms with van der Waals surface area (Å²) in [6.45, 7) is 1.05. The second-order valence-corrected chi connectivity index (χ2v) is 5.43. The number of hydrogen-bond donors (Lipinski definition) is 1. The maximum atomic E-state index is 12.0. The molecule has 0 saturated carbocycles. The van der Waals surface area contributed by atoms with Crippen molar-refractivity contribution in [2.24, 2.45) is 0 Å². The maximum absolute atomic E-state index is 12.0. The fourth-order valence-electron chi connectivity index (χ4n) is 2.42. The van der Waals surface area contributed by atoms with Gasteiger partial charge in [-0.3, -0.25) is 0 Å². The molecule has 118 valence electrons. The highest BCUT2D eigenvalue weighted by atomic mass is 16.8. The van der Waals surface area contributed by atoms with E-state index in [0.717, 1.165) is 36.0 Å². The number of hydrogen-bond acceptors (Lipinski definition) is 4. The number of benzene rings is 1. The number of rotatable bonds is 4. The molecule has 0 spiro atoms. The van der Waals surface area contributed by atoms with Crippen LogP contribution in [0.25, 0.3) is 11.0 Å². The average molecular weight is 304 g/mol. The summed E-state index contributed by atoms with van der Waals surface area (Å²) < 4.78 is 11.1. The SMILES string of the molecule is CN(Cc1cc2ccccc2o1)C(=O)NOC1CCCCO1. The molecular weight excluding hydrogens is 284 g/mol. The van der Waals surface area contributed by atoms with Crippen LogP contribution in [0.4, 0.5) is 4.79 Å². The van der Waals surface area contributed by atoms with Gasteiger partial charge in [-0.1, -0.05) is 18.2 Å². The number of carbonyl (C=O) groups is 1. The van der Waals surface area contributed by atoms with Gasteiger partial charge in [0, 0.05) is 25.5 Å². The third-order valence-electron chi connectivity index (χ3n) is 3.63. The monoisotopic (exact) mass is 304 g/mol. The molecule has 0 bridgehead atoms. The molecule has 1 saturated heterocycles. The second-order valence-electron chi connectivity index (χ2n) is 5.43. The Kier molecular flexibility index (Phi) is 4.60. The van der Waals surface area contributed by atoms with Crippen LogP contribution >= 0.6 is 0 Å². The van der Waals surface area contributed by atoms with Gasteiger partial charge in [-0.2, -0.15) is 0 Å². The first kappa shape index (κ1) is 14.9. The van der Waals surface area contributed by atoms with Gasteiger partial charge in [-0.05, 0) is 25.0 Å². The van der Waals surface area contributed by atoms with E-state index in [1.54, 1.807) is 7.05 Å². The average Bonchev–Trinajstić information content (AvgIpc) is 2.95. The zero-order valence-corrected chi connectivity index (χ0v) is 12.6. The lowest BCUT2D eigenvalue weighted by Crippen LogP contribution is -2.40. The van der Waals surface area contributed by atoms with E-state index in [0.29, 0.717) is 13.2 Å². The number of carbonyl (C=O) groups excluding carboxylic acids is 1. The summed E-state index contributed by atoms with van der Waals surface area (Å²) in [5, 5.41) is 1.03. The van der Waals surface area contributed by atoms with E-state index in [1.165, 1.54) is 4.90 Å². The van der Waals surface area contributed by atoms with Gasteiger partial charge in [0.15, 0.2) is 6.29 Å². The Morgan fingerprint density at radius 1 is 1.41 bits per heavy atom. The molecule has 1 aliphatic heterocycles. The molecule has 0 aliphatic carbocycles. The van der Waals surface area contributed by atoms with Gasteiger partial charge in [-0.15, -0.1) is 0 Å². The summed E-state index contributed by atoms with van der Waals surface area (Å²) in [5.74, 6) is 0.729. The Bertz CT molecular complexity index is 601. The molecule has 1 aromatic heterocycles. The van der Waals surface area contributed by atoms with Crippen LogP contribution in [0.1, 0.15) is 25.0 Å². The summed E-state index contributed by atoms with van der Waals surface area (Å²) in [6, 6.07) is 9.37. The first-order valence-electron chi connectivity index (χ1n) is 7.48. The van der Waals surface area contributed by atoms with E-state index in [1.807, 2.05) is 30.3 Å². The summed E-state index contributed by atoms with van der Waals surface area (Å²) in [4.78, 5) is 18.8. The van der Waals surface area contributed by atoms with Crippen molar-refractivity contribution in [3.05, 3.63) is 36.1 Å². The summed E-state index contributed by atoms with van der Waals surface area (Å²) in [7, 11) is 1.69. The van der Waals surface area contributed by atoms with Crippen molar-refractivity contribution in [3.8, 4) is 0 Å². The number of ether oxygens (including phenoxy) is 1. The molecule has 6 nitrogen and oxygen atoms in total. The predicted molar refractivity (Wildman–Crippen MR) is 80.9 cm³/mol. The number of nitrogens with zero attached hydrogens (tertiary/aromatic N) is 1. The number of furan rings is 1. The molecule has 1 atom stereocenters. The van der Waals surface area contributed by atoms with Crippen LogP contribution in [-0.2, 0) is 16.1 Å². The van der Waals surface area contributed by atoms with Gasteiger partial charge in [-0.25, -0.2) is 15.1 Å². The van der Waals surface area contributed by atoms with E-state index < -0.39 is 0 Å². The van der Waals surface area contributed by atoms with E-state index in [2.05, 4.69) is 5.48 Å². The molecule has 1 N–H and O–H groups in total. The third kappa shape index (κ3) is 3.58. The zero-order chi connectivity index (χ0) is 15.4. The molecule has 2 amide bonds. The Hall–Kier alpha value is -2.05. The van der Waals surface area contributed by atoms with Crippen molar-refractivity contribution in [1.82, 2.24) is 10.4 Å². The van der Waals surface area contributed by atoms with Gasteiger partial charge in [0.05, 0.1) is 6.54 Å². The smallest absolute Gasteiger partial charge is 0.341 e. The van der Waals surface area contributed by atoms with Crippen molar-refractivity contribution in [3.63, 3.8) is 0 Å². The molecule has 1 aliphatic rings. The second kappa shape index (κ2) is 6.81. The van der Waals surface area contributed by atoms with Crippen LogP contribution in [0.15, 0.2) is 34.7 Å². The molecule has 6 heteroatoms. The quantitative estimate of drug-likeness (QED) is 0.882. The summed E-state index contributed by atoms with van der Waals surface area (Å²) >= 11 is 0. The molecule has 3 rings (SSSR count). The Balaban J connectivity index is 1.51. The first-order valence-corrected chi connectivity index (χ1v) is 7.48. The van der Waals surface area contributed by atoms with E-state index in [4.69, 9.17) is 14.0 Å². The van der Waals surface area contributed by atoms with Crippen LogP contribution in [-0.4, -0.2) is 30.9 Å². The normalized spacial score (nSPS) is 18.3. The minimum atomic E-state index is -0.350. The van der Waals surface area contributed by atoms with Crippen molar-refractivity contribution < 1.29 is 18.8 Å². The highest BCUT2D eigenvalue weighted by molar-refractivity contribution is 5.78. The lowest BCUT2D eigenvalue weighted by molar-refractivity contribution is -0.187. The first-order chi connectivity index (χ1) is 10.7. The fourth-order valence-corrected chi connectivity index (χ4v) is 2.42. The van der Waals surface area contributed by atoms with Crippen LogP contribution in [0.3, 0.4) is 0 Å². The van der Waals surface area contributed by atoms with Crippen LogP contribution < -0.4 is 5.48 Å². The summed E-state index contributed by atoms with van der Waals surface area (Å²) in [5.41, 5.74) is 3.24. The Labute approximate surface area is 128 Å². The van der Waals surface area contributed by atoms with Crippen molar-refractivity contribution >= 4 is 17.0 Å². The predicted octanol–water partition coefficient (Wildman–Crippen LogP) is 3.03. The number of amides is 2. The number of nitrogens with one attached hydrogen (secondary N) is 1. The van der Waals surface area contributed by atoms with Gasteiger partial charge >= 0.3 is 6.03 Å². The molecular formula is C16H20N2O4. The highest BCUT2D eigenvalue weighted by Gasteiger charge is 2.17. The van der Waals surface area contributed by atoms with E-state index in [9.17, 15) is 4.79 Å². The third-order valence-corrected chi connectivity index (χ3v) is 3.63. The fraction of sp³-hybridized carbons (Fsp3) is 0.438. The molecule has 2 aromatic rings. The van der Waals surface area contributed by atoms with Gasteiger partial charge in [0.2, 0.25) is 0 Å². The van der Waals surface area contributed by atoms with Crippen molar-refractivity contribution in [1.29, 1.82) is 0 Å². The molecule has 0 radical (unpaired) electrons. The minimum absolute atomic E-state index is 0.324. The van der Waals surface area contributed by atoms with Gasteiger partial charge < -0.3 is 14.1 Å². The topological polar surface area (TPSA) is 63.9 Å². The maximum Gasteiger partial charge on any atom is 0.341 e. The molecule has 1 unspecified atom stereocenters. The Morgan fingerprint density at radius 3 is 3.05 bits per heavy atom. The van der Waals surface area contributed by atoms with Crippen molar-refractivity contribution in [2.45, 2.75) is 32.1 Å². The van der Waals surface area contributed by atoms with Crippen molar-refractivity contribution in [2.75, 3.05) is 13.7 Å². The van der Waals surface area contributed by atoms with Crippen LogP contribution in [0, 0.1) is 0 Å². The van der Waals surface area contributed by atoms with Gasteiger partial charge in [0.1, 0.15) is 11.3 Å². The number of fused-ring (bicyclic) bond motifs is 1. The van der Waals surface area contributed by atoms with Crippen LogP contribution in [0.2, 0.25) is 0 Å². The highest BCUT2D eigenvalue weighted by Crippen LogP contribution is 2.19. The Morgan fingerprint density at radius 2 is 2.27 bits per heavy atom. The molecule has 2 heterocycles. The minimum Gasteiger partial charge on any atom is -0.459 e. The number of urea groups is 1. The van der Waals surface area contributed by atoms with Gasteiger partial charge in [0.25, 0.3) is 0 Å². The van der Waals surface area contributed by atoms with E-state index in [-0.39, 0.29) is 12.3 Å².